The predicted molar refractivity (Wildman–Crippen MR) is 282 cm³/mol. The van der Waals surface area contributed by atoms with E-state index in [1.54, 1.807) is 0 Å². The van der Waals surface area contributed by atoms with E-state index in [4.69, 9.17) is 4.74 Å². The maximum absolute atomic E-state index is 13.2. The molecule has 3 atom stereocenters. The smallest absolute Gasteiger partial charge is 0.306 e. The van der Waals surface area contributed by atoms with Crippen LogP contribution >= 0.6 is 0 Å². The summed E-state index contributed by atoms with van der Waals surface area (Å²) in [4.78, 5) is 26.2. The van der Waals surface area contributed by atoms with E-state index in [9.17, 15) is 19.8 Å². The van der Waals surface area contributed by atoms with Crippen molar-refractivity contribution in [1.29, 1.82) is 0 Å². The van der Waals surface area contributed by atoms with Crippen molar-refractivity contribution >= 4 is 11.9 Å². The van der Waals surface area contributed by atoms with E-state index < -0.39 is 18.2 Å². The van der Waals surface area contributed by atoms with Crippen molar-refractivity contribution in [3.8, 4) is 0 Å². The summed E-state index contributed by atoms with van der Waals surface area (Å²) in [6, 6.07) is -0.708. The van der Waals surface area contributed by atoms with Gasteiger partial charge < -0.3 is 20.3 Å². The molecule has 0 fully saturated rings. The highest BCUT2D eigenvalue weighted by atomic mass is 16.5. The Kier molecular flexibility index (Phi) is 50.6. The number of rotatable bonds is 50. The van der Waals surface area contributed by atoms with Gasteiger partial charge in [0, 0.05) is 6.42 Å². The van der Waals surface area contributed by atoms with Gasteiger partial charge in [0.25, 0.3) is 0 Å². The van der Waals surface area contributed by atoms with Crippen LogP contribution in [0.15, 0.2) is 60.8 Å². The van der Waals surface area contributed by atoms with E-state index in [2.05, 4.69) is 86.8 Å². The second-order valence-electron chi connectivity index (χ2n) is 19.0. The van der Waals surface area contributed by atoms with Crippen molar-refractivity contribution in [2.24, 2.45) is 0 Å². The average molecular weight is 911 g/mol. The fourth-order valence-electron chi connectivity index (χ4n) is 8.40. The van der Waals surface area contributed by atoms with Crippen molar-refractivity contribution < 1.29 is 24.5 Å². The summed E-state index contributed by atoms with van der Waals surface area (Å²) in [6.07, 6.45) is 65.7. The van der Waals surface area contributed by atoms with Crippen molar-refractivity contribution in [3.63, 3.8) is 0 Å². The van der Waals surface area contributed by atoms with Crippen LogP contribution in [0.2, 0.25) is 0 Å². The lowest BCUT2D eigenvalue weighted by atomic mass is 10.0. The number of carbonyl (C=O) groups is 2. The molecule has 6 heteroatoms. The quantitative estimate of drug-likeness (QED) is 0.0321. The first kappa shape index (κ1) is 62.6. The molecule has 0 saturated heterocycles. The first-order valence-corrected chi connectivity index (χ1v) is 28.0. The highest BCUT2D eigenvalue weighted by Crippen LogP contribution is 2.18. The first-order valence-electron chi connectivity index (χ1n) is 28.0. The Morgan fingerprint density at radius 1 is 0.462 bits per heavy atom. The lowest BCUT2D eigenvalue weighted by Crippen LogP contribution is -2.46. The van der Waals surface area contributed by atoms with Gasteiger partial charge in [0.1, 0.15) is 6.10 Å². The molecule has 0 radical (unpaired) electrons. The molecule has 0 saturated carbocycles. The highest BCUT2D eigenvalue weighted by Gasteiger charge is 2.24. The molecule has 6 nitrogen and oxygen atoms in total. The van der Waals surface area contributed by atoms with Crippen LogP contribution in [0.3, 0.4) is 0 Å². The van der Waals surface area contributed by atoms with Gasteiger partial charge in [-0.3, -0.25) is 9.59 Å². The number of carbonyl (C=O) groups excluding carboxylic acids is 2. The number of aliphatic hydroxyl groups is 2. The van der Waals surface area contributed by atoms with Crippen molar-refractivity contribution in [2.75, 3.05) is 6.61 Å². The summed E-state index contributed by atoms with van der Waals surface area (Å²) in [5, 5.41) is 23.8. The van der Waals surface area contributed by atoms with Crippen molar-refractivity contribution in [3.05, 3.63) is 60.8 Å². The molecular formula is C59H107NO5. The number of hydrogen-bond donors (Lipinski definition) is 3. The molecule has 0 aromatic rings. The fourth-order valence-corrected chi connectivity index (χ4v) is 8.40. The fraction of sp³-hybridized carbons (Fsp3) is 0.797. The third kappa shape index (κ3) is 47.8. The number of unbranched alkanes of at least 4 members (excludes halogenated alkanes) is 28. The molecule has 0 heterocycles. The zero-order valence-electron chi connectivity index (χ0n) is 43.1. The molecule has 65 heavy (non-hydrogen) atoms. The standard InChI is InChI=1S/C59H107NO5/c1-4-7-10-13-16-19-22-25-27-28-29-30-32-34-37-40-43-46-49-52-59(64)65-55(50-47-44-41-38-35-24-21-18-15-12-9-6-3)53-58(63)60-56(54-61)57(62)51-48-45-42-39-36-33-31-26-23-20-17-14-11-8-5-2/h7,10,16,19,25,27,29-30,34,37,55-57,61-62H,4-6,8-9,11-15,17-18,20-24,26,28,31-33,35-36,38-54H2,1-3H3,(H,60,63)/b10-7-,19-16-,27-25-,30-29-,37-34-. The lowest BCUT2D eigenvalue weighted by Gasteiger charge is -2.24. The highest BCUT2D eigenvalue weighted by molar-refractivity contribution is 5.77. The van der Waals surface area contributed by atoms with E-state index in [0.29, 0.717) is 19.3 Å². The second-order valence-corrected chi connectivity index (χ2v) is 19.0. The van der Waals surface area contributed by atoms with Crippen molar-refractivity contribution in [2.45, 2.75) is 296 Å². The van der Waals surface area contributed by atoms with Crippen LogP contribution in [-0.4, -0.2) is 46.9 Å². The Labute approximate surface area is 403 Å². The van der Waals surface area contributed by atoms with Crippen LogP contribution in [0.25, 0.3) is 0 Å². The van der Waals surface area contributed by atoms with E-state index in [-0.39, 0.29) is 24.9 Å². The number of allylic oxidation sites excluding steroid dienone is 10. The maximum atomic E-state index is 13.2. The summed E-state index contributed by atoms with van der Waals surface area (Å²) in [7, 11) is 0. The van der Waals surface area contributed by atoms with Gasteiger partial charge in [-0.1, -0.05) is 255 Å². The van der Waals surface area contributed by atoms with Crippen molar-refractivity contribution in [1.82, 2.24) is 5.32 Å². The zero-order chi connectivity index (χ0) is 47.4. The minimum absolute atomic E-state index is 0.0655. The molecule has 0 rings (SSSR count). The molecule has 0 spiro atoms. The summed E-state index contributed by atoms with van der Waals surface area (Å²) in [6.45, 7) is 6.38. The Bertz CT molecular complexity index is 1160. The minimum Gasteiger partial charge on any atom is -0.462 e. The third-order valence-corrected chi connectivity index (χ3v) is 12.6. The first-order chi connectivity index (χ1) is 32.0. The lowest BCUT2D eigenvalue weighted by molar-refractivity contribution is -0.151. The molecule has 0 aromatic carbocycles. The van der Waals surface area contributed by atoms with Gasteiger partial charge in [-0.15, -0.1) is 0 Å². The monoisotopic (exact) mass is 910 g/mol. The predicted octanol–water partition coefficient (Wildman–Crippen LogP) is 17.2. The number of esters is 1. The van der Waals surface area contributed by atoms with Gasteiger partial charge in [-0.05, 0) is 70.6 Å². The van der Waals surface area contributed by atoms with Crippen LogP contribution in [0.4, 0.5) is 0 Å². The number of hydrogen-bond acceptors (Lipinski definition) is 5. The molecule has 0 aliphatic carbocycles. The maximum Gasteiger partial charge on any atom is 0.306 e. The summed E-state index contributed by atoms with van der Waals surface area (Å²) in [5.74, 6) is -0.503. The van der Waals surface area contributed by atoms with Gasteiger partial charge in [0.15, 0.2) is 0 Å². The molecule has 378 valence electrons. The summed E-state index contributed by atoms with van der Waals surface area (Å²) < 4.78 is 5.94. The van der Waals surface area contributed by atoms with Crippen LogP contribution in [-0.2, 0) is 14.3 Å². The molecule has 0 aromatic heterocycles. The molecule has 1 amide bonds. The topological polar surface area (TPSA) is 95.9 Å². The Balaban J connectivity index is 4.56. The normalized spacial score (nSPS) is 13.6. The number of ether oxygens (including phenoxy) is 1. The zero-order valence-corrected chi connectivity index (χ0v) is 43.1. The Morgan fingerprint density at radius 2 is 0.831 bits per heavy atom. The van der Waals surface area contributed by atoms with Gasteiger partial charge in [-0.25, -0.2) is 0 Å². The molecule has 3 unspecified atom stereocenters. The minimum atomic E-state index is -0.794. The number of aliphatic hydroxyl groups excluding tert-OH is 2. The van der Waals surface area contributed by atoms with Gasteiger partial charge in [0.05, 0.1) is 25.2 Å². The number of nitrogens with one attached hydrogen (secondary N) is 1. The molecule has 3 N–H and O–H groups in total. The third-order valence-electron chi connectivity index (χ3n) is 12.6. The Morgan fingerprint density at radius 3 is 1.25 bits per heavy atom. The number of amides is 1. The largest absolute Gasteiger partial charge is 0.462 e. The van der Waals surface area contributed by atoms with E-state index in [0.717, 1.165) is 89.9 Å². The van der Waals surface area contributed by atoms with Crippen LogP contribution in [0, 0.1) is 0 Å². The molecule has 0 aliphatic heterocycles. The molecule has 0 aliphatic rings. The van der Waals surface area contributed by atoms with Gasteiger partial charge in [-0.2, -0.15) is 0 Å². The second kappa shape index (κ2) is 52.5. The van der Waals surface area contributed by atoms with Crippen LogP contribution < -0.4 is 5.32 Å². The summed E-state index contributed by atoms with van der Waals surface area (Å²) in [5.41, 5.74) is 0. The van der Waals surface area contributed by atoms with Gasteiger partial charge in [0.2, 0.25) is 5.91 Å². The van der Waals surface area contributed by atoms with Gasteiger partial charge >= 0.3 is 5.97 Å². The SMILES string of the molecule is CC/C=C\C/C=C\C/C=C\C/C=C\C/C=C\CCCCCC(=O)OC(CCCCCCCCCCCCCC)CC(=O)NC(CO)C(O)CCCCCCCCCCCCCCCCC. The van der Waals surface area contributed by atoms with Crippen LogP contribution in [0.1, 0.15) is 278 Å². The van der Waals surface area contributed by atoms with E-state index >= 15 is 0 Å². The van der Waals surface area contributed by atoms with Crippen LogP contribution in [0.5, 0.6) is 0 Å². The van der Waals surface area contributed by atoms with E-state index in [1.807, 2.05) is 0 Å². The molecule has 0 bridgehead atoms. The summed E-state index contributed by atoms with van der Waals surface area (Å²) >= 11 is 0. The average Bonchev–Trinajstić information content (AvgIpc) is 3.30. The molecular weight excluding hydrogens is 803 g/mol. The van der Waals surface area contributed by atoms with E-state index in [1.165, 1.54) is 141 Å². The Hall–Kier alpha value is -2.44.